The van der Waals surface area contributed by atoms with E-state index in [9.17, 15) is 9.59 Å². The number of methoxy groups -OCH3 is 1. The average molecular weight is 387 g/mol. The van der Waals surface area contributed by atoms with Crippen LogP contribution in [0.2, 0.25) is 0 Å². The number of anilines is 1. The molecule has 0 spiro atoms. The second-order valence-corrected chi connectivity index (χ2v) is 7.43. The molecule has 0 aliphatic heterocycles. The highest BCUT2D eigenvalue weighted by Gasteiger charge is 2.15. The third-order valence-corrected chi connectivity index (χ3v) is 4.93. The highest BCUT2D eigenvalue weighted by Crippen LogP contribution is 2.26. The number of ether oxygens (including phenoxy) is 1. The van der Waals surface area contributed by atoms with Crippen LogP contribution < -0.4 is 15.4 Å². The van der Waals surface area contributed by atoms with Crippen molar-refractivity contribution in [2.24, 2.45) is 0 Å². The van der Waals surface area contributed by atoms with E-state index in [1.807, 2.05) is 63.2 Å². The molecule has 2 N–H and O–H groups in total. The standard InChI is InChI=1S/C21H26N2O3S/c1-14-6-5-7-17(10-14)23-21(25)13-27-12-20(24)22-16(3)18-11-15(2)8-9-19(18)26-4/h5-11,16H,12-13H2,1-4H3,(H,22,24)(H,23,25). The lowest BCUT2D eigenvalue weighted by Gasteiger charge is -2.18. The Bertz CT molecular complexity index is 808. The predicted octanol–water partition coefficient (Wildman–Crippen LogP) is 3.86. The minimum Gasteiger partial charge on any atom is -0.496 e. The third-order valence-electron chi connectivity index (χ3n) is 4.00. The minimum atomic E-state index is -0.172. The van der Waals surface area contributed by atoms with Gasteiger partial charge in [-0.25, -0.2) is 0 Å². The van der Waals surface area contributed by atoms with Gasteiger partial charge >= 0.3 is 0 Å². The molecule has 0 radical (unpaired) electrons. The summed E-state index contributed by atoms with van der Waals surface area (Å²) in [7, 11) is 1.62. The molecule has 27 heavy (non-hydrogen) atoms. The molecular formula is C21H26N2O3S. The van der Waals surface area contributed by atoms with Crippen molar-refractivity contribution in [2.75, 3.05) is 23.9 Å². The first-order chi connectivity index (χ1) is 12.9. The van der Waals surface area contributed by atoms with Crippen LogP contribution in [0.4, 0.5) is 5.69 Å². The summed E-state index contributed by atoms with van der Waals surface area (Å²) in [6.45, 7) is 5.89. The maximum Gasteiger partial charge on any atom is 0.234 e. The molecule has 2 aromatic carbocycles. The lowest BCUT2D eigenvalue weighted by atomic mass is 10.0. The van der Waals surface area contributed by atoms with E-state index in [0.29, 0.717) is 0 Å². The van der Waals surface area contributed by atoms with Crippen LogP contribution in [-0.4, -0.2) is 30.4 Å². The first kappa shape index (κ1) is 20.8. The van der Waals surface area contributed by atoms with Crippen molar-refractivity contribution in [3.63, 3.8) is 0 Å². The van der Waals surface area contributed by atoms with E-state index >= 15 is 0 Å². The molecule has 0 saturated carbocycles. The topological polar surface area (TPSA) is 67.4 Å². The minimum absolute atomic E-state index is 0.112. The fraction of sp³-hybridized carbons (Fsp3) is 0.333. The maximum atomic E-state index is 12.2. The van der Waals surface area contributed by atoms with Crippen LogP contribution >= 0.6 is 11.8 Å². The SMILES string of the molecule is COc1ccc(C)cc1C(C)NC(=O)CSCC(=O)Nc1cccc(C)c1. The normalized spacial score (nSPS) is 11.6. The number of rotatable bonds is 8. The molecule has 2 amide bonds. The van der Waals surface area contributed by atoms with Gasteiger partial charge in [-0.1, -0.05) is 29.8 Å². The second-order valence-electron chi connectivity index (χ2n) is 6.45. The van der Waals surface area contributed by atoms with Crippen molar-refractivity contribution >= 4 is 29.3 Å². The summed E-state index contributed by atoms with van der Waals surface area (Å²) in [6, 6.07) is 13.3. The highest BCUT2D eigenvalue weighted by atomic mass is 32.2. The second kappa shape index (κ2) is 10.0. The quantitative estimate of drug-likeness (QED) is 0.723. The summed E-state index contributed by atoms with van der Waals surface area (Å²) in [6.07, 6.45) is 0. The number of hydrogen-bond donors (Lipinski definition) is 2. The first-order valence-corrected chi connectivity index (χ1v) is 9.92. The van der Waals surface area contributed by atoms with Gasteiger partial charge in [-0.3, -0.25) is 9.59 Å². The van der Waals surface area contributed by atoms with Crippen LogP contribution in [0.15, 0.2) is 42.5 Å². The van der Waals surface area contributed by atoms with E-state index in [1.165, 1.54) is 11.8 Å². The Kier molecular flexibility index (Phi) is 7.73. The molecule has 0 fully saturated rings. The Hall–Kier alpha value is -2.47. The molecule has 6 heteroatoms. The number of hydrogen-bond acceptors (Lipinski definition) is 4. The van der Waals surface area contributed by atoms with Crippen molar-refractivity contribution in [2.45, 2.75) is 26.8 Å². The lowest BCUT2D eigenvalue weighted by molar-refractivity contribution is -0.119. The number of carbonyl (C=O) groups is 2. The van der Waals surface area contributed by atoms with Crippen molar-refractivity contribution in [3.05, 3.63) is 59.2 Å². The van der Waals surface area contributed by atoms with Crippen molar-refractivity contribution < 1.29 is 14.3 Å². The molecule has 5 nitrogen and oxygen atoms in total. The lowest BCUT2D eigenvalue weighted by Crippen LogP contribution is -2.29. The molecule has 0 aromatic heterocycles. The number of amides is 2. The number of carbonyl (C=O) groups excluding carboxylic acids is 2. The van der Waals surface area contributed by atoms with E-state index < -0.39 is 0 Å². The predicted molar refractivity (Wildman–Crippen MR) is 111 cm³/mol. The Morgan fingerprint density at radius 3 is 2.44 bits per heavy atom. The zero-order valence-corrected chi connectivity index (χ0v) is 17.0. The Balaban J connectivity index is 1.79. The Morgan fingerprint density at radius 2 is 1.74 bits per heavy atom. The summed E-state index contributed by atoms with van der Waals surface area (Å²) >= 11 is 1.29. The summed E-state index contributed by atoms with van der Waals surface area (Å²) in [5.74, 6) is 0.966. The smallest absolute Gasteiger partial charge is 0.234 e. The van der Waals surface area contributed by atoms with Gasteiger partial charge in [0.05, 0.1) is 24.7 Å². The van der Waals surface area contributed by atoms with Gasteiger partial charge in [-0.05, 0) is 44.5 Å². The van der Waals surface area contributed by atoms with Crippen molar-refractivity contribution in [3.8, 4) is 5.75 Å². The van der Waals surface area contributed by atoms with E-state index in [2.05, 4.69) is 10.6 Å². The largest absolute Gasteiger partial charge is 0.496 e. The summed E-state index contributed by atoms with van der Waals surface area (Å²) in [4.78, 5) is 24.2. The third kappa shape index (κ3) is 6.64. The van der Waals surface area contributed by atoms with E-state index in [-0.39, 0.29) is 29.4 Å². The van der Waals surface area contributed by atoms with Gasteiger partial charge < -0.3 is 15.4 Å². The van der Waals surface area contributed by atoms with Crippen LogP contribution in [0.3, 0.4) is 0 Å². The van der Waals surface area contributed by atoms with Crippen molar-refractivity contribution in [1.29, 1.82) is 0 Å². The molecule has 0 aliphatic carbocycles. The first-order valence-electron chi connectivity index (χ1n) is 8.77. The number of benzene rings is 2. The van der Waals surface area contributed by atoms with Crippen LogP contribution in [0, 0.1) is 13.8 Å². The van der Waals surface area contributed by atoms with Gasteiger partial charge in [0.2, 0.25) is 11.8 Å². The van der Waals surface area contributed by atoms with Gasteiger partial charge in [-0.15, -0.1) is 11.8 Å². The number of aryl methyl sites for hydroxylation is 2. The summed E-state index contributed by atoms with van der Waals surface area (Å²) < 4.78 is 5.37. The molecule has 2 aromatic rings. The monoisotopic (exact) mass is 386 g/mol. The molecule has 0 bridgehead atoms. The fourth-order valence-corrected chi connectivity index (χ4v) is 3.34. The average Bonchev–Trinajstić information content (AvgIpc) is 2.61. The van der Waals surface area contributed by atoms with E-state index in [0.717, 1.165) is 28.1 Å². The molecule has 1 unspecified atom stereocenters. The Morgan fingerprint density at radius 1 is 1.04 bits per heavy atom. The van der Waals surface area contributed by atoms with Crippen LogP contribution in [0.25, 0.3) is 0 Å². The fourth-order valence-electron chi connectivity index (χ4n) is 2.71. The summed E-state index contributed by atoms with van der Waals surface area (Å²) in [5, 5.41) is 5.79. The van der Waals surface area contributed by atoms with E-state index in [4.69, 9.17) is 4.74 Å². The van der Waals surface area contributed by atoms with Crippen LogP contribution in [-0.2, 0) is 9.59 Å². The zero-order chi connectivity index (χ0) is 19.8. The number of thioether (sulfide) groups is 1. The van der Waals surface area contributed by atoms with Gasteiger partial charge in [0, 0.05) is 11.3 Å². The zero-order valence-electron chi connectivity index (χ0n) is 16.2. The molecule has 1 atom stereocenters. The Labute approximate surface area is 164 Å². The van der Waals surface area contributed by atoms with Gasteiger partial charge in [0.15, 0.2) is 0 Å². The van der Waals surface area contributed by atoms with Crippen LogP contribution in [0.1, 0.15) is 29.7 Å². The van der Waals surface area contributed by atoms with Crippen LogP contribution in [0.5, 0.6) is 5.75 Å². The molecule has 2 rings (SSSR count). The maximum absolute atomic E-state index is 12.2. The van der Waals surface area contributed by atoms with Crippen molar-refractivity contribution in [1.82, 2.24) is 5.32 Å². The number of nitrogens with one attached hydrogen (secondary N) is 2. The van der Waals surface area contributed by atoms with Gasteiger partial charge in [0.1, 0.15) is 5.75 Å². The highest BCUT2D eigenvalue weighted by molar-refractivity contribution is 8.00. The molecule has 0 aliphatic rings. The molecular weight excluding hydrogens is 360 g/mol. The van der Waals surface area contributed by atoms with Gasteiger partial charge in [-0.2, -0.15) is 0 Å². The van der Waals surface area contributed by atoms with E-state index in [1.54, 1.807) is 7.11 Å². The molecule has 144 valence electrons. The molecule has 0 heterocycles. The summed E-state index contributed by atoms with van der Waals surface area (Å²) in [5.41, 5.74) is 3.90. The van der Waals surface area contributed by atoms with Gasteiger partial charge in [0.25, 0.3) is 0 Å². The molecule has 0 saturated heterocycles.